The number of benzene rings is 2. The van der Waals surface area contributed by atoms with E-state index >= 15 is 0 Å². The average molecular weight is 434 g/mol. The maximum absolute atomic E-state index is 12.4. The molecule has 0 radical (unpaired) electrons. The third-order valence-electron chi connectivity index (χ3n) is 6.17. The standard InChI is InChI=1S/C25H27N3O4/c1-28(2)25(32)17-12-8-14-19(22(17)29)27-21-20(23(30)24(21)31)26-18-13-7-6-11-16(18)15-9-4-3-5-10-15/h3-5,8-10,12,14,16,18,26-27,29H,6-7,11,13H2,1-2H3/t16-,18?/m0/s1. The van der Waals surface area contributed by atoms with Gasteiger partial charge in [0.2, 0.25) is 0 Å². The summed E-state index contributed by atoms with van der Waals surface area (Å²) in [5.74, 6) is -0.371. The van der Waals surface area contributed by atoms with Crippen molar-refractivity contribution in [1.29, 1.82) is 0 Å². The molecule has 166 valence electrons. The summed E-state index contributed by atoms with van der Waals surface area (Å²) in [6, 6.07) is 14.9. The summed E-state index contributed by atoms with van der Waals surface area (Å²) >= 11 is 0. The normalized spacial score (nSPS) is 18.3. The van der Waals surface area contributed by atoms with E-state index in [1.165, 1.54) is 16.5 Å². The molecule has 1 aliphatic carbocycles. The fraction of sp³-hybridized carbons (Fsp3) is 0.320. The molecular weight excluding hydrogens is 406 g/mol. The molecule has 7 heteroatoms. The highest BCUT2D eigenvalue weighted by molar-refractivity contribution is 5.99. The second-order valence-corrected chi connectivity index (χ2v) is 8.49. The number of hydrogen-bond donors (Lipinski definition) is 3. The first-order chi connectivity index (χ1) is 15.4. The van der Waals surface area contributed by atoms with Crippen molar-refractivity contribution in [3.63, 3.8) is 0 Å². The van der Waals surface area contributed by atoms with Crippen LogP contribution in [0.5, 0.6) is 5.75 Å². The Morgan fingerprint density at radius 1 is 0.938 bits per heavy atom. The zero-order valence-corrected chi connectivity index (χ0v) is 18.2. The summed E-state index contributed by atoms with van der Waals surface area (Å²) < 4.78 is 0. The summed E-state index contributed by atoms with van der Waals surface area (Å²) in [5.41, 5.74) is 0.697. The maximum Gasteiger partial charge on any atom is 0.257 e. The first-order valence-electron chi connectivity index (χ1n) is 10.8. The van der Waals surface area contributed by atoms with Crippen LogP contribution >= 0.6 is 0 Å². The van der Waals surface area contributed by atoms with Crippen LogP contribution in [0.1, 0.15) is 47.5 Å². The van der Waals surface area contributed by atoms with Crippen molar-refractivity contribution in [2.45, 2.75) is 37.6 Å². The van der Waals surface area contributed by atoms with E-state index in [4.69, 9.17) is 0 Å². The Bertz CT molecular complexity index is 1200. The fourth-order valence-corrected chi connectivity index (χ4v) is 4.43. The Morgan fingerprint density at radius 3 is 2.34 bits per heavy atom. The molecule has 0 heterocycles. The van der Waals surface area contributed by atoms with Gasteiger partial charge in [0, 0.05) is 26.1 Å². The zero-order chi connectivity index (χ0) is 22.8. The van der Waals surface area contributed by atoms with Gasteiger partial charge in [-0.1, -0.05) is 49.2 Å². The summed E-state index contributed by atoms with van der Waals surface area (Å²) in [7, 11) is 3.18. The number of phenols is 1. The summed E-state index contributed by atoms with van der Waals surface area (Å²) in [6.07, 6.45) is 4.08. The second kappa shape index (κ2) is 8.86. The molecule has 32 heavy (non-hydrogen) atoms. The van der Waals surface area contributed by atoms with E-state index < -0.39 is 10.9 Å². The molecule has 0 saturated heterocycles. The van der Waals surface area contributed by atoms with Gasteiger partial charge in [-0.25, -0.2) is 0 Å². The minimum Gasteiger partial charge on any atom is -0.505 e. The smallest absolute Gasteiger partial charge is 0.257 e. The number of rotatable bonds is 6. The monoisotopic (exact) mass is 433 g/mol. The molecular formula is C25H27N3O4. The van der Waals surface area contributed by atoms with E-state index in [9.17, 15) is 19.5 Å². The number of phenolic OH excluding ortho intramolecular Hbond substituents is 1. The molecule has 0 bridgehead atoms. The van der Waals surface area contributed by atoms with Crippen LogP contribution in [0.15, 0.2) is 58.1 Å². The van der Waals surface area contributed by atoms with Gasteiger partial charge in [-0.2, -0.15) is 0 Å². The first kappa shape index (κ1) is 21.6. The number of carbonyl (C=O) groups is 1. The lowest BCUT2D eigenvalue weighted by molar-refractivity contribution is 0.0824. The highest BCUT2D eigenvalue weighted by Gasteiger charge is 2.31. The van der Waals surface area contributed by atoms with Gasteiger partial charge in [0.15, 0.2) is 5.75 Å². The van der Waals surface area contributed by atoms with E-state index in [-0.39, 0.29) is 46.2 Å². The van der Waals surface area contributed by atoms with E-state index in [0.717, 1.165) is 25.7 Å². The molecule has 1 unspecified atom stereocenters. The minimum atomic E-state index is -0.636. The van der Waals surface area contributed by atoms with E-state index in [2.05, 4.69) is 22.8 Å². The lowest BCUT2D eigenvalue weighted by atomic mass is 9.79. The Balaban J connectivity index is 1.60. The summed E-state index contributed by atoms with van der Waals surface area (Å²) in [5, 5.41) is 16.8. The van der Waals surface area contributed by atoms with Gasteiger partial charge in [0.25, 0.3) is 16.8 Å². The number of nitrogens with zero attached hydrogens (tertiary/aromatic N) is 1. The van der Waals surface area contributed by atoms with Crippen LogP contribution in [0.25, 0.3) is 0 Å². The van der Waals surface area contributed by atoms with Crippen LogP contribution in [0.4, 0.5) is 17.1 Å². The molecule has 1 amide bonds. The van der Waals surface area contributed by atoms with Gasteiger partial charge < -0.3 is 20.6 Å². The molecule has 4 rings (SSSR count). The molecule has 3 N–H and O–H groups in total. The average Bonchev–Trinajstić information content (AvgIpc) is 2.82. The molecule has 1 saturated carbocycles. The van der Waals surface area contributed by atoms with Crippen molar-refractivity contribution >= 4 is 23.0 Å². The summed E-state index contributed by atoms with van der Waals surface area (Å²) in [6.45, 7) is 0. The van der Waals surface area contributed by atoms with Crippen molar-refractivity contribution in [2.75, 3.05) is 24.7 Å². The molecule has 0 spiro atoms. The van der Waals surface area contributed by atoms with Crippen LogP contribution in [0, 0.1) is 0 Å². The van der Waals surface area contributed by atoms with Gasteiger partial charge >= 0.3 is 0 Å². The Labute approximate surface area is 186 Å². The van der Waals surface area contributed by atoms with Crippen molar-refractivity contribution < 1.29 is 9.90 Å². The van der Waals surface area contributed by atoms with Crippen molar-refractivity contribution in [3.05, 3.63) is 80.1 Å². The third-order valence-corrected chi connectivity index (χ3v) is 6.17. The highest BCUT2D eigenvalue weighted by atomic mass is 16.3. The van der Waals surface area contributed by atoms with Crippen molar-refractivity contribution in [1.82, 2.24) is 4.90 Å². The molecule has 0 aromatic heterocycles. The van der Waals surface area contributed by atoms with Crippen LogP contribution in [0.2, 0.25) is 0 Å². The molecule has 1 fully saturated rings. The number of aromatic hydroxyl groups is 1. The van der Waals surface area contributed by atoms with Crippen molar-refractivity contribution in [3.8, 4) is 5.75 Å². The van der Waals surface area contributed by atoms with E-state index in [0.29, 0.717) is 0 Å². The van der Waals surface area contributed by atoms with Gasteiger partial charge in [0.05, 0.1) is 11.3 Å². The summed E-state index contributed by atoms with van der Waals surface area (Å²) in [4.78, 5) is 38.4. The maximum atomic E-state index is 12.4. The van der Waals surface area contributed by atoms with Crippen molar-refractivity contribution in [2.24, 2.45) is 0 Å². The lowest BCUT2D eigenvalue weighted by Crippen LogP contribution is -2.41. The number of hydrogen-bond acceptors (Lipinski definition) is 6. The van der Waals surface area contributed by atoms with Gasteiger partial charge in [-0.3, -0.25) is 14.4 Å². The minimum absolute atomic E-state index is 0.0326. The Kier molecular flexibility index (Phi) is 5.99. The van der Waals surface area contributed by atoms with Crippen LogP contribution in [-0.2, 0) is 0 Å². The number of nitrogens with one attached hydrogen (secondary N) is 2. The first-order valence-corrected chi connectivity index (χ1v) is 10.8. The molecule has 7 nitrogen and oxygen atoms in total. The molecule has 1 aliphatic rings. The Hall–Kier alpha value is -3.61. The zero-order valence-electron chi connectivity index (χ0n) is 18.2. The van der Waals surface area contributed by atoms with Crippen LogP contribution < -0.4 is 21.5 Å². The van der Waals surface area contributed by atoms with Gasteiger partial charge in [0.1, 0.15) is 11.4 Å². The fourth-order valence-electron chi connectivity index (χ4n) is 4.43. The van der Waals surface area contributed by atoms with Gasteiger partial charge in [-0.15, -0.1) is 0 Å². The molecule has 3 aromatic rings. The Morgan fingerprint density at radius 2 is 1.62 bits per heavy atom. The SMILES string of the molecule is CN(C)C(=O)c1cccc(Nc2c(NC3CCCC[C@H]3c3ccccc3)c(=O)c2=O)c1O. The largest absolute Gasteiger partial charge is 0.505 e. The van der Waals surface area contributed by atoms with Crippen LogP contribution in [0.3, 0.4) is 0 Å². The predicted molar refractivity (Wildman–Crippen MR) is 126 cm³/mol. The van der Waals surface area contributed by atoms with Gasteiger partial charge in [-0.05, 0) is 30.5 Å². The number of carbonyl (C=O) groups excluding carboxylic acids is 1. The van der Waals surface area contributed by atoms with Crippen LogP contribution in [-0.4, -0.2) is 36.1 Å². The number of anilines is 3. The molecule has 3 aromatic carbocycles. The highest BCUT2D eigenvalue weighted by Crippen LogP contribution is 2.37. The third kappa shape index (κ3) is 3.98. The quantitative estimate of drug-likeness (QED) is 0.406. The number of amides is 1. The predicted octanol–water partition coefficient (Wildman–Crippen LogP) is 3.57. The molecule has 0 aliphatic heterocycles. The van der Waals surface area contributed by atoms with E-state index in [1.54, 1.807) is 26.2 Å². The molecule has 2 atom stereocenters. The van der Waals surface area contributed by atoms with E-state index in [1.807, 2.05) is 18.2 Å². The number of para-hydroxylation sites is 1. The topological polar surface area (TPSA) is 98.7 Å². The lowest BCUT2D eigenvalue weighted by Gasteiger charge is -2.34. The second-order valence-electron chi connectivity index (χ2n) is 8.49.